The van der Waals surface area contributed by atoms with Gasteiger partial charge in [0.2, 0.25) is 0 Å². The number of anilines is 2. The molecule has 1 aromatic heterocycles. The summed E-state index contributed by atoms with van der Waals surface area (Å²) in [6.07, 6.45) is -0.000445. The lowest BCUT2D eigenvalue weighted by molar-refractivity contribution is -0.138. The molecule has 8 heteroatoms. The Kier molecular flexibility index (Phi) is 7.12. The first-order chi connectivity index (χ1) is 14.9. The van der Waals surface area contributed by atoms with Crippen molar-refractivity contribution in [1.29, 1.82) is 0 Å². The molecule has 4 nitrogen and oxygen atoms in total. The van der Waals surface area contributed by atoms with E-state index in [1.165, 1.54) is 18.7 Å². The number of amides is 1. The smallest absolute Gasteiger partial charge is 0.356 e. The molecule has 0 aliphatic carbocycles. The van der Waals surface area contributed by atoms with E-state index in [1.54, 1.807) is 18.2 Å². The van der Waals surface area contributed by atoms with Crippen LogP contribution in [0.15, 0.2) is 35.4 Å². The van der Waals surface area contributed by atoms with Gasteiger partial charge in [0, 0.05) is 29.9 Å². The zero-order valence-corrected chi connectivity index (χ0v) is 20.0. The summed E-state index contributed by atoms with van der Waals surface area (Å²) in [5, 5.41) is 2.78. The van der Waals surface area contributed by atoms with Crippen LogP contribution in [0.3, 0.4) is 0 Å². The second-order valence-electron chi connectivity index (χ2n) is 9.31. The van der Waals surface area contributed by atoms with E-state index in [4.69, 9.17) is 0 Å². The molecule has 1 N–H and O–H groups in total. The molecule has 0 saturated carbocycles. The molecule has 1 aromatic carbocycles. The summed E-state index contributed by atoms with van der Waals surface area (Å²) in [5.41, 5.74) is -0.287. The van der Waals surface area contributed by atoms with E-state index in [0.717, 1.165) is 23.9 Å². The minimum absolute atomic E-state index is 0.0106. The van der Waals surface area contributed by atoms with Gasteiger partial charge in [0.15, 0.2) is 0 Å². The number of aromatic nitrogens is 1. The molecule has 1 aliphatic rings. The highest BCUT2D eigenvalue weighted by Gasteiger charge is 2.37. The topological polar surface area (TPSA) is 45.2 Å². The molecule has 0 atom stereocenters. The van der Waals surface area contributed by atoms with Gasteiger partial charge in [-0.05, 0) is 61.1 Å². The minimum atomic E-state index is -4.58. The highest BCUT2D eigenvalue weighted by molar-refractivity contribution is 7.98. The van der Waals surface area contributed by atoms with E-state index in [1.807, 2.05) is 17.2 Å². The Hall–Kier alpha value is -2.22. The summed E-state index contributed by atoms with van der Waals surface area (Å²) in [6, 6.07) is 7.23. The molecule has 174 valence electrons. The average molecular weight is 466 g/mol. The van der Waals surface area contributed by atoms with Gasteiger partial charge < -0.3 is 10.2 Å². The highest BCUT2D eigenvalue weighted by atomic mass is 32.2. The highest BCUT2D eigenvalue weighted by Crippen LogP contribution is 2.39. The maximum Gasteiger partial charge on any atom is 0.418 e. The van der Waals surface area contributed by atoms with Crippen LogP contribution in [-0.4, -0.2) is 30.2 Å². The molecule has 0 bridgehead atoms. The molecular weight excluding hydrogens is 435 g/mol. The largest absolute Gasteiger partial charge is 0.418 e. The SMILES string of the molecule is CSc1cccc(NC(=O)c2c(N3CCC(C(C)(C)C)CC3)ncc(C(F)(F)F)c2C)c1. The number of rotatable bonds is 4. The number of pyridine rings is 1. The Morgan fingerprint density at radius 1 is 1.19 bits per heavy atom. The van der Waals surface area contributed by atoms with Crippen molar-refractivity contribution < 1.29 is 18.0 Å². The van der Waals surface area contributed by atoms with Crippen molar-refractivity contribution in [2.75, 3.05) is 29.6 Å². The van der Waals surface area contributed by atoms with Gasteiger partial charge in [-0.25, -0.2) is 4.98 Å². The number of hydrogen-bond donors (Lipinski definition) is 1. The molecule has 0 unspecified atom stereocenters. The van der Waals surface area contributed by atoms with Crippen molar-refractivity contribution in [3.63, 3.8) is 0 Å². The van der Waals surface area contributed by atoms with Crippen LogP contribution in [-0.2, 0) is 6.18 Å². The lowest BCUT2D eigenvalue weighted by Gasteiger charge is -2.39. The summed E-state index contributed by atoms with van der Waals surface area (Å²) in [5.74, 6) is 0.259. The standard InChI is InChI=1S/C24H30F3N3OS/c1-15-19(24(25,26)27)14-28-21(30-11-9-16(10-12-30)23(2,3)4)20(15)22(31)29-17-7-6-8-18(13-17)32-5/h6-8,13-14,16H,9-12H2,1-5H3,(H,29,31). The fraction of sp³-hybridized carbons (Fsp3) is 0.500. The molecule has 0 spiro atoms. The predicted octanol–water partition coefficient (Wildman–Crippen LogP) is 6.65. The Morgan fingerprint density at radius 3 is 2.41 bits per heavy atom. The van der Waals surface area contributed by atoms with Crippen LogP contribution in [0.4, 0.5) is 24.7 Å². The van der Waals surface area contributed by atoms with Crippen molar-refractivity contribution in [2.45, 2.75) is 51.6 Å². The summed E-state index contributed by atoms with van der Waals surface area (Å²) in [6.45, 7) is 9.27. The molecule has 1 amide bonds. The van der Waals surface area contributed by atoms with Crippen LogP contribution < -0.4 is 10.2 Å². The lowest BCUT2D eigenvalue weighted by atomic mass is 9.75. The molecule has 1 saturated heterocycles. The predicted molar refractivity (Wildman–Crippen MR) is 125 cm³/mol. The average Bonchev–Trinajstić information content (AvgIpc) is 2.72. The summed E-state index contributed by atoms with van der Waals surface area (Å²) in [7, 11) is 0. The molecule has 1 fully saturated rings. The number of piperidine rings is 1. The number of carbonyl (C=O) groups excluding carboxylic acids is 1. The second kappa shape index (κ2) is 9.33. The first-order valence-electron chi connectivity index (χ1n) is 10.7. The van der Waals surface area contributed by atoms with E-state index >= 15 is 0 Å². The van der Waals surface area contributed by atoms with Gasteiger partial charge in [0.05, 0.1) is 11.1 Å². The zero-order valence-electron chi connectivity index (χ0n) is 19.1. The fourth-order valence-corrected chi connectivity index (χ4v) is 4.70. The summed E-state index contributed by atoms with van der Waals surface area (Å²) < 4.78 is 40.8. The number of carbonyl (C=O) groups is 1. The Labute approximate surface area is 192 Å². The van der Waals surface area contributed by atoms with Crippen LogP contribution in [0.5, 0.6) is 0 Å². The third kappa shape index (κ3) is 5.39. The van der Waals surface area contributed by atoms with E-state index < -0.39 is 17.6 Å². The van der Waals surface area contributed by atoms with E-state index in [2.05, 4.69) is 31.1 Å². The van der Waals surface area contributed by atoms with Gasteiger partial charge in [0.1, 0.15) is 5.82 Å². The molecule has 3 rings (SSSR count). The molecule has 2 heterocycles. The number of nitrogens with one attached hydrogen (secondary N) is 1. The number of alkyl halides is 3. The number of hydrogen-bond acceptors (Lipinski definition) is 4. The van der Waals surface area contributed by atoms with Gasteiger partial charge in [-0.2, -0.15) is 13.2 Å². The quantitative estimate of drug-likeness (QED) is 0.514. The van der Waals surface area contributed by atoms with Crippen LogP contribution >= 0.6 is 11.8 Å². The fourth-order valence-electron chi connectivity index (χ4n) is 4.24. The van der Waals surface area contributed by atoms with Crippen molar-refractivity contribution in [2.24, 2.45) is 11.3 Å². The van der Waals surface area contributed by atoms with Crippen molar-refractivity contribution >= 4 is 29.2 Å². The van der Waals surface area contributed by atoms with Gasteiger partial charge >= 0.3 is 6.18 Å². The molecule has 32 heavy (non-hydrogen) atoms. The van der Waals surface area contributed by atoms with Gasteiger partial charge in [-0.1, -0.05) is 26.8 Å². The third-order valence-corrected chi connectivity index (χ3v) is 6.92. The van der Waals surface area contributed by atoms with Crippen molar-refractivity contribution in [1.82, 2.24) is 4.98 Å². The molecule has 1 aliphatic heterocycles. The van der Waals surface area contributed by atoms with E-state index in [9.17, 15) is 18.0 Å². The number of benzene rings is 1. The monoisotopic (exact) mass is 465 g/mol. The lowest BCUT2D eigenvalue weighted by Crippen LogP contribution is -2.39. The number of nitrogens with zero attached hydrogens (tertiary/aromatic N) is 2. The first kappa shape index (κ1) is 24.4. The van der Waals surface area contributed by atoms with Crippen molar-refractivity contribution in [3.05, 3.63) is 47.2 Å². The van der Waals surface area contributed by atoms with Crippen molar-refractivity contribution in [3.8, 4) is 0 Å². The molecule has 2 aromatic rings. The van der Waals surface area contributed by atoms with Crippen LogP contribution in [0.1, 0.15) is 55.1 Å². The summed E-state index contributed by atoms with van der Waals surface area (Å²) in [4.78, 5) is 20.3. The van der Waals surface area contributed by atoms with Crippen LogP contribution in [0.25, 0.3) is 0 Å². The maximum atomic E-state index is 13.6. The molecular formula is C24H30F3N3OS. The van der Waals surface area contributed by atoms with E-state index in [0.29, 0.717) is 30.5 Å². The molecule has 0 radical (unpaired) electrons. The van der Waals surface area contributed by atoms with Crippen LogP contribution in [0.2, 0.25) is 0 Å². The maximum absolute atomic E-state index is 13.6. The number of thioether (sulfide) groups is 1. The van der Waals surface area contributed by atoms with Gasteiger partial charge in [0.25, 0.3) is 5.91 Å². The van der Waals surface area contributed by atoms with Gasteiger partial charge in [-0.15, -0.1) is 11.8 Å². The number of halogens is 3. The van der Waals surface area contributed by atoms with Gasteiger partial charge in [-0.3, -0.25) is 4.79 Å². The minimum Gasteiger partial charge on any atom is -0.356 e. The van der Waals surface area contributed by atoms with Crippen LogP contribution in [0, 0.1) is 18.3 Å². The second-order valence-corrected chi connectivity index (χ2v) is 10.2. The zero-order chi connectivity index (χ0) is 23.7. The first-order valence-corrected chi connectivity index (χ1v) is 11.9. The van der Waals surface area contributed by atoms with E-state index in [-0.39, 0.29) is 16.5 Å². The Bertz CT molecular complexity index is 977. The third-order valence-electron chi connectivity index (χ3n) is 6.20. The summed E-state index contributed by atoms with van der Waals surface area (Å²) >= 11 is 1.52. The normalized spacial score (nSPS) is 15.7. The Morgan fingerprint density at radius 2 is 1.84 bits per heavy atom. The Balaban J connectivity index is 1.97.